The Bertz CT molecular complexity index is 1050. The molecule has 1 unspecified atom stereocenters. The van der Waals surface area contributed by atoms with Crippen molar-refractivity contribution in [2.24, 2.45) is 0 Å². The molecule has 10 heteroatoms. The minimum absolute atomic E-state index is 0.00388. The van der Waals surface area contributed by atoms with E-state index in [2.05, 4.69) is 21.1 Å². The molecule has 0 bridgehead atoms. The molecule has 1 fully saturated rings. The van der Waals surface area contributed by atoms with E-state index in [0.29, 0.717) is 44.6 Å². The van der Waals surface area contributed by atoms with Gasteiger partial charge < -0.3 is 24.8 Å². The predicted molar refractivity (Wildman–Crippen MR) is 127 cm³/mol. The van der Waals surface area contributed by atoms with E-state index in [9.17, 15) is 14.7 Å². The Morgan fingerprint density at radius 3 is 2.97 bits per heavy atom. The molecule has 1 aliphatic heterocycles. The molecule has 1 aromatic carbocycles. The number of hydrogen-bond donors (Lipinski definition) is 2. The van der Waals surface area contributed by atoms with Crippen LogP contribution >= 0.6 is 11.3 Å². The van der Waals surface area contributed by atoms with Gasteiger partial charge in [0.2, 0.25) is 0 Å². The van der Waals surface area contributed by atoms with Crippen LogP contribution in [0.4, 0.5) is 10.8 Å². The Morgan fingerprint density at radius 1 is 1.48 bits per heavy atom. The highest BCUT2D eigenvalue weighted by Gasteiger charge is 2.33. The Morgan fingerprint density at radius 2 is 2.27 bits per heavy atom. The molecule has 1 atom stereocenters. The van der Waals surface area contributed by atoms with Crippen LogP contribution in [-0.2, 0) is 16.0 Å². The van der Waals surface area contributed by atoms with E-state index in [1.54, 1.807) is 30.7 Å². The SMILES string of the molecule is C#CC1(C)COCCN1Cc1ccc(NC(=O)c2csc(N(C)CCOC)n2)c(C(=O)O)c1. The minimum Gasteiger partial charge on any atom is -0.478 e. The summed E-state index contributed by atoms with van der Waals surface area (Å²) in [6.45, 7) is 5.20. The number of aromatic carboxylic acids is 1. The van der Waals surface area contributed by atoms with Gasteiger partial charge in [-0.25, -0.2) is 9.78 Å². The second kappa shape index (κ2) is 10.8. The minimum atomic E-state index is -1.13. The molecule has 3 rings (SSSR count). The van der Waals surface area contributed by atoms with Gasteiger partial charge in [-0.2, -0.15) is 0 Å². The number of thiazole rings is 1. The zero-order valence-electron chi connectivity index (χ0n) is 19.0. The zero-order chi connectivity index (χ0) is 24.0. The van der Waals surface area contributed by atoms with Crippen LogP contribution in [0.25, 0.3) is 0 Å². The van der Waals surface area contributed by atoms with E-state index < -0.39 is 17.4 Å². The number of nitrogens with one attached hydrogen (secondary N) is 1. The van der Waals surface area contributed by atoms with Crippen LogP contribution in [-0.4, -0.2) is 79.5 Å². The number of benzene rings is 1. The molecule has 0 radical (unpaired) electrons. The maximum absolute atomic E-state index is 12.7. The summed E-state index contributed by atoms with van der Waals surface area (Å²) in [7, 11) is 3.48. The number of rotatable bonds is 9. The normalized spacial score (nSPS) is 18.5. The van der Waals surface area contributed by atoms with E-state index in [-0.39, 0.29) is 16.9 Å². The fraction of sp³-hybridized carbons (Fsp3) is 0.435. The fourth-order valence-electron chi connectivity index (χ4n) is 3.42. The number of methoxy groups -OCH3 is 1. The zero-order valence-corrected chi connectivity index (χ0v) is 19.8. The molecule has 176 valence electrons. The molecule has 1 amide bonds. The molecule has 1 aromatic heterocycles. The van der Waals surface area contributed by atoms with Crippen LogP contribution in [0.15, 0.2) is 23.6 Å². The maximum Gasteiger partial charge on any atom is 0.337 e. The second-order valence-electron chi connectivity index (χ2n) is 7.96. The monoisotopic (exact) mass is 472 g/mol. The molecule has 1 aliphatic rings. The van der Waals surface area contributed by atoms with Crippen molar-refractivity contribution in [2.75, 3.05) is 57.3 Å². The van der Waals surface area contributed by atoms with Crippen molar-refractivity contribution in [1.29, 1.82) is 0 Å². The standard InChI is InChI=1S/C23H28N4O5S/c1-5-23(2)15-32-11-9-27(23)13-16-6-7-18(17(12-16)21(29)30)24-20(28)19-14-33-22(25-19)26(3)8-10-31-4/h1,6-7,12,14H,8-11,13,15H2,2-4H3,(H,24,28)(H,29,30). The lowest BCUT2D eigenvalue weighted by atomic mass is 9.99. The lowest BCUT2D eigenvalue weighted by molar-refractivity contribution is -0.0362. The molecule has 2 N–H and O–H groups in total. The summed E-state index contributed by atoms with van der Waals surface area (Å²) in [6, 6.07) is 4.96. The van der Waals surface area contributed by atoms with Gasteiger partial charge in [-0.05, 0) is 24.6 Å². The molecule has 33 heavy (non-hydrogen) atoms. The first kappa shape index (κ1) is 24.7. The fourth-order valence-corrected chi connectivity index (χ4v) is 4.22. The highest BCUT2D eigenvalue weighted by Crippen LogP contribution is 2.25. The summed E-state index contributed by atoms with van der Waals surface area (Å²) in [6.07, 6.45) is 5.71. The van der Waals surface area contributed by atoms with Crippen LogP contribution in [0.3, 0.4) is 0 Å². The van der Waals surface area contributed by atoms with E-state index in [1.165, 1.54) is 11.3 Å². The third kappa shape index (κ3) is 5.89. The quantitative estimate of drug-likeness (QED) is 0.536. The number of ether oxygens (including phenoxy) is 2. The van der Waals surface area contributed by atoms with Gasteiger partial charge in [0.15, 0.2) is 5.13 Å². The lowest BCUT2D eigenvalue weighted by Gasteiger charge is -2.41. The largest absolute Gasteiger partial charge is 0.478 e. The van der Waals surface area contributed by atoms with Crippen LogP contribution in [0.5, 0.6) is 0 Å². The Hall–Kier alpha value is -2.97. The number of carbonyl (C=O) groups is 2. The molecule has 2 aromatic rings. The van der Waals surface area contributed by atoms with Crippen molar-refractivity contribution < 1.29 is 24.2 Å². The van der Waals surface area contributed by atoms with Gasteiger partial charge in [-0.3, -0.25) is 9.69 Å². The average Bonchev–Trinajstić information content (AvgIpc) is 3.30. The number of amides is 1. The number of carboxylic acid groups (broad SMARTS) is 1. The Kier molecular flexibility index (Phi) is 8.05. The summed E-state index contributed by atoms with van der Waals surface area (Å²) in [5.74, 6) is 1.17. The third-order valence-corrected chi connectivity index (χ3v) is 6.47. The van der Waals surface area contributed by atoms with E-state index in [0.717, 1.165) is 5.56 Å². The number of aromatic nitrogens is 1. The smallest absolute Gasteiger partial charge is 0.337 e. The first-order valence-corrected chi connectivity index (χ1v) is 11.3. The van der Waals surface area contributed by atoms with Gasteiger partial charge in [0.25, 0.3) is 5.91 Å². The number of carboxylic acids is 1. The second-order valence-corrected chi connectivity index (χ2v) is 8.80. The van der Waals surface area contributed by atoms with Gasteiger partial charge in [-0.1, -0.05) is 12.0 Å². The molecular weight excluding hydrogens is 444 g/mol. The molecule has 9 nitrogen and oxygen atoms in total. The number of likely N-dealkylation sites (N-methyl/N-ethyl adjacent to an activating group) is 1. The average molecular weight is 473 g/mol. The van der Waals surface area contributed by atoms with Crippen molar-refractivity contribution in [3.05, 3.63) is 40.4 Å². The number of morpholine rings is 1. The predicted octanol–water partition coefficient (Wildman–Crippen LogP) is 2.40. The molecule has 0 spiro atoms. The van der Waals surface area contributed by atoms with Crippen molar-refractivity contribution in [2.45, 2.75) is 19.0 Å². The lowest BCUT2D eigenvalue weighted by Crippen LogP contribution is -2.53. The van der Waals surface area contributed by atoms with Crippen molar-refractivity contribution in [3.8, 4) is 12.3 Å². The highest BCUT2D eigenvalue weighted by atomic mass is 32.1. The Balaban J connectivity index is 1.75. The van der Waals surface area contributed by atoms with Crippen molar-refractivity contribution in [3.63, 3.8) is 0 Å². The number of terminal acetylenes is 1. The summed E-state index contributed by atoms with van der Waals surface area (Å²) >= 11 is 1.33. The number of nitrogens with zero attached hydrogens (tertiary/aromatic N) is 3. The summed E-state index contributed by atoms with van der Waals surface area (Å²) in [5.41, 5.74) is 0.652. The number of carbonyl (C=O) groups excluding carboxylic acids is 1. The third-order valence-electron chi connectivity index (χ3n) is 5.52. The summed E-state index contributed by atoms with van der Waals surface area (Å²) in [5, 5.41) is 14.7. The van der Waals surface area contributed by atoms with Gasteiger partial charge in [0.05, 0.1) is 31.1 Å². The number of anilines is 2. The van der Waals surface area contributed by atoms with Crippen LogP contribution in [0, 0.1) is 12.3 Å². The van der Waals surface area contributed by atoms with Gasteiger partial charge in [-0.15, -0.1) is 17.8 Å². The van der Waals surface area contributed by atoms with Gasteiger partial charge in [0.1, 0.15) is 11.2 Å². The summed E-state index contributed by atoms with van der Waals surface area (Å²) < 4.78 is 10.6. The first-order valence-electron chi connectivity index (χ1n) is 10.4. The number of hydrogen-bond acceptors (Lipinski definition) is 8. The topological polar surface area (TPSA) is 104 Å². The molecule has 2 heterocycles. The van der Waals surface area contributed by atoms with Crippen LogP contribution in [0.2, 0.25) is 0 Å². The van der Waals surface area contributed by atoms with Crippen LogP contribution in [0.1, 0.15) is 33.3 Å². The van der Waals surface area contributed by atoms with Gasteiger partial charge in [0, 0.05) is 39.2 Å². The van der Waals surface area contributed by atoms with Crippen molar-refractivity contribution >= 4 is 34.0 Å². The molecule has 0 aliphatic carbocycles. The van der Waals surface area contributed by atoms with E-state index >= 15 is 0 Å². The molecule has 1 saturated heterocycles. The van der Waals surface area contributed by atoms with Crippen LogP contribution < -0.4 is 10.2 Å². The molecule has 0 saturated carbocycles. The van der Waals surface area contributed by atoms with Gasteiger partial charge >= 0.3 is 5.97 Å². The van der Waals surface area contributed by atoms with Crippen molar-refractivity contribution in [1.82, 2.24) is 9.88 Å². The van der Waals surface area contributed by atoms with E-state index in [1.807, 2.05) is 18.9 Å². The highest BCUT2D eigenvalue weighted by molar-refractivity contribution is 7.13. The maximum atomic E-state index is 12.7. The first-order chi connectivity index (χ1) is 15.8. The summed E-state index contributed by atoms with van der Waals surface area (Å²) in [4.78, 5) is 33.0. The Labute approximate surface area is 197 Å². The molecular formula is C23H28N4O5S. The van der Waals surface area contributed by atoms with E-state index in [4.69, 9.17) is 15.9 Å².